The number of para-hydroxylation sites is 1. The number of carbonyl (C=O) groups is 1. The summed E-state index contributed by atoms with van der Waals surface area (Å²) in [5, 5.41) is 12.2. The molecule has 3 aromatic rings. The Hall–Kier alpha value is -2.95. The fraction of sp³-hybridized carbons (Fsp3) is 0.464. The largest absolute Gasteiger partial charge is 0.353 e. The maximum absolute atomic E-state index is 13.1. The van der Waals surface area contributed by atoms with Gasteiger partial charge in [-0.1, -0.05) is 112 Å². The first-order valence-electron chi connectivity index (χ1n) is 12.7. The quantitative estimate of drug-likeness (QED) is 0.505. The van der Waals surface area contributed by atoms with Gasteiger partial charge in [0, 0.05) is 11.6 Å². The number of nitrogens with zero attached hydrogens (tertiary/aromatic N) is 3. The van der Waals surface area contributed by atoms with Crippen molar-refractivity contribution >= 4 is 5.91 Å². The topological polar surface area (TPSA) is 59.8 Å². The lowest BCUT2D eigenvalue weighted by molar-refractivity contribution is -0.121. The Balaban J connectivity index is 1.48. The molecule has 1 heterocycles. The Morgan fingerprint density at radius 1 is 0.788 bits per heavy atom. The van der Waals surface area contributed by atoms with Crippen LogP contribution in [0.1, 0.15) is 76.3 Å². The molecule has 174 valence electrons. The van der Waals surface area contributed by atoms with Gasteiger partial charge in [-0.05, 0) is 25.0 Å². The Morgan fingerprint density at radius 3 is 1.94 bits per heavy atom. The van der Waals surface area contributed by atoms with E-state index in [1.165, 1.54) is 57.8 Å². The number of benzene rings is 2. The zero-order valence-corrected chi connectivity index (χ0v) is 19.6. The maximum Gasteiger partial charge on any atom is 0.226 e. The highest BCUT2D eigenvalue weighted by Gasteiger charge is 2.20. The van der Waals surface area contributed by atoms with Gasteiger partial charge in [0.05, 0.1) is 17.8 Å². The second-order valence-electron chi connectivity index (χ2n) is 9.20. The summed E-state index contributed by atoms with van der Waals surface area (Å²) in [6.45, 7) is 0. The van der Waals surface area contributed by atoms with Crippen LogP contribution >= 0.6 is 0 Å². The van der Waals surface area contributed by atoms with Crippen molar-refractivity contribution in [2.75, 3.05) is 0 Å². The second kappa shape index (κ2) is 12.3. The molecule has 1 aliphatic carbocycles. The van der Waals surface area contributed by atoms with Crippen LogP contribution in [0.2, 0.25) is 0 Å². The van der Waals surface area contributed by atoms with Crippen molar-refractivity contribution in [3.63, 3.8) is 0 Å². The molecule has 1 aromatic heterocycles. The van der Waals surface area contributed by atoms with E-state index in [2.05, 4.69) is 15.6 Å². The van der Waals surface area contributed by atoms with Crippen LogP contribution < -0.4 is 5.32 Å². The minimum atomic E-state index is 0.0457. The fourth-order valence-electron chi connectivity index (χ4n) is 4.81. The standard InChI is InChI=1S/C28H36N4O/c33-27(29-24-18-12-6-4-2-1-3-5-7-13-19-24)22-26-28(23-16-10-8-11-17-23)32(31-30-26)25-20-14-9-15-21-25/h8-11,14-17,20-21,24H,1-7,12-13,18-19,22H2,(H,29,33). The first-order chi connectivity index (χ1) is 16.3. The molecular weight excluding hydrogens is 408 g/mol. The van der Waals surface area contributed by atoms with Crippen LogP contribution in [-0.2, 0) is 11.2 Å². The number of nitrogens with one attached hydrogen (secondary N) is 1. The molecule has 0 unspecified atom stereocenters. The summed E-state index contributed by atoms with van der Waals surface area (Å²) < 4.78 is 1.84. The lowest BCUT2D eigenvalue weighted by Crippen LogP contribution is -2.36. The van der Waals surface area contributed by atoms with Gasteiger partial charge in [-0.15, -0.1) is 5.10 Å². The van der Waals surface area contributed by atoms with E-state index in [0.29, 0.717) is 0 Å². The highest BCUT2D eigenvalue weighted by molar-refractivity contribution is 5.81. The van der Waals surface area contributed by atoms with Crippen molar-refractivity contribution < 1.29 is 4.79 Å². The van der Waals surface area contributed by atoms with Gasteiger partial charge in [0.25, 0.3) is 0 Å². The van der Waals surface area contributed by atoms with Crippen LogP contribution in [0.5, 0.6) is 0 Å². The zero-order chi connectivity index (χ0) is 22.7. The Labute approximate surface area is 197 Å². The van der Waals surface area contributed by atoms with E-state index in [1.807, 2.05) is 65.3 Å². The summed E-state index contributed by atoms with van der Waals surface area (Å²) in [5.74, 6) is 0.0457. The molecule has 33 heavy (non-hydrogen) atoms. The van der Waals surface area contributed by atoms with Gasteiger partial charge < -0.3 is 5.32 Å². The van der Waals surface area contributed by atoms with Gasteiger partial charge >= 0.3 is 0 Å². The number of rotatable bonds is 5. The van der Waals surface area contributed by atoms with E-state index in [4.69, 9.17) is 0 Å². The molecule has 2 aromatic carbocycles. The van der Waals surface area contributed by atoms with Crippen molar-refractivity contribution in [1.29, 1.82) is 0 Å². The van der Waals surface area contributed by atoms with E-state index in [1.54, 1.807) is 0 Å². The van der Waals surface area contributed by atoms with Crippen LogP contribution in [0.3, 0.4) is 0 Å². The average Bonchev–Trinajstić information content (AvgIpc) is 3.25. The molecule has 0 spiro atoms. The summed E-state index contributed by atoms with van der Waals surface area (Å²) in [7, 11) is 0. The van der Waals surface area contributed by atoms with Crippen LogP contribution in [0, 0.1) is 0 Å². The van der Waals surface area contributed by atoms with Crippen LogP contribution in [0.4, 0.5) is 0 Å². The van der Waals surface area contributed by atoms with Crippen molar-refractivity contribution in [3.05, 3.63) is 66.4 Å². The third-order valence-electron chi connectivity index (χ3n) is 6.59. The Kier molecular flexibility index (Phi) is 8.68. The molecule has 0 bridgehead atoms. The monoisotopic (exact) mass is 444 g/mol. The first kappa shape index (κ1) is 23.2. The number of amides is 1. The van der Waals surface area contributed by atoms with E-state index in [0.717, 1.165) is 35.5 Å². The second-order valence-corrected chi connectivity index (χ2v) is 9.20. The molecule has 5 heteroatoms. The molecule has 1 N–H and O–H groups in total. The van der Waals surface area contributed by atoms with Crippen molar-refractivity contribution in [2.24, 2.45) is 0 Å². The van der Waals surface area contributed by atoms with Crippen LogP contribution in [0.15, 0.2) is 60.7 Å². The molecule has 0 atom stereocenters. The fourth-order valence-corrected chi connectivity index (χ4v) is 4.81. The van der Waals surface area contributed by atoms with E-state index in [-0.39, 0.29) is 18.4 Å². The number of hydrogen-bond donors (Lipinski definition) is 1. The Bertz CT molecular complexity index is 972. The highest BCUT2D eigenvalue weighted by Crippen LogP contribution is 2.25. The highest BCUT2D eigenvalue weighted by atomic mass is 16.1. The maximum atomic E-state index is 13.1. The van der Waals surface area contributed by atoms with Crippen molar-refractivity contribution in [2.45, 2.75) is 83.1 Å². The predicted molar refractivity (Wildman–Crippen MR) is 133 cm³/mol. The van der Waals surface area contributed by atoms with Crippen LogP contribution in [-0.4, -0.2) is 26.9 Å². The minimum absolute atomic E-state index is 0.0457. The normalized spacial score (nSPS) is 16.5. The van der Waals surface area contributed by atoms with Gasteiger partial charge in [0.15, 0.2) is 0 Å². The average molecular weight is 445 g/mol. The lowest BCUT2D eigenvalue weighted by Gasteiger charge is -2.19. The third-order valence-corrected chi connectivity index (χ3v) is 6.59. The van der Waals surface area contributed by atoms with E-state index in [9.17, 15) is 4.79 Å². The molecule has 1 amide bonds. The molecule has 1 aliphatic rings. The lowest BCUT2D eigenvalue weighted by atomic mass is 9.97. The summed E-state index contributed by atoms with van der Waals surface area (Å²) >= 11 is 0. The number of hydrogen-bond acceptors (Lipinski definition) is 3. The van der Waals surface area contributed by atoms with Gasteiger partial charge in [0.2, 0.25) is 5.91 Å². The van der Waals surface area contributed by atoms with E-state index < -0.39 is 0 Å². The molecule has 0 aliphatic heterocycles. The predicted octanol–water partition coefficient (Wildman–Crippen LogP) is 6.27. The van der Waals surface area contributed by atoms with Gasteiger partial charge in [-0.3, -0.25) is 4.79 Å². The van der Waals surface area contributed by atoms with Crippen LogP contribution in [0.25, 0.3) is 16.9 Å². The van der Waals surface area contributed by atoms with Crippen molar-refractivity contribution in [1.82, 2.24) is 20.3 Å². The summed E-state index contributed by atoms with van der Waals surface area (Å²) in [6.07, 6.45) is 14.1. The molecular formula is C28H36N4O. The molecule has 0 saturated heterocycles. The summed E-state index contributed by atoms with van der Waals surface area (Å²) in [5.41, 5.74) is 3.56. The third kappa shape index (κ3) is 6.77. The van der Waals surface area contributed by atoms with Crippen molar-refractivity contribution in [3.8, 4) is 16.9 Å². The number of carbonyl (C=O) groups excluding carboxylic acids is 1. The van der Waals surface area contributed by atoms with Gasteiger partial charge in [-0.2, -0.15) is 0 Å². The number of aromatic nitrogens is 3. The summed E-state index contributed by atoms with van der Waals surface area (Å²) in [6, 6.07) is 20.4. The minimum Gasteiger partial charge on any atom is -0.353 e. The van der Waals surface area contributed by atoms with Gasteiger partial charge in [0.1, 0.15) is 5.69 Å². The molecule has 0 radical (unpaired) electrons. The zero-order valence-electron chi connectivity index (χ0n) is 19.6. The van der Waals surface area contributed by atoms with E-state index >= 15 is 0 Å². The Morgan fingerprint density at radius 2 is 1.33 bits per heavy atom. The molecule has 5 nitrogen and oxygen atoms in total. The smallest absolute Gasteiger partial charge is 0.226 e. The molecule has 4 rings (SSSR count). The molecule has 1 saturated carbocycles. The SMILES string of the molecule is O=C(Cc1nnn(-c2ccccc2)c1-c1ccccc1)NC1CCCCCCCCCCC1. The summed E-state index contributed by atoms with van der Waals surface area (Å²) in [4.78, 5) is 13.1. The van der Waals surface area contributed by atoms with Gasteiger partial charge in [-0.25, -0.2) is 4.68 Å². The molecule has 1 fully saturated rings. The first-order valence-corrected chi connectivity index (χ1v) is 12.7.